The molecule has 0 amide bonds. The summed E-state index contributed by atoms with van der Waals surface area (Å²) in [5.74, 6) is 2.63. The van der Waals surface area contributed by atoms with Gasteiger partial charge in [-0.2, -0.15) is 0 Å². The molecule has 4 nitrogen and oxygen atoms in total. The van der Waals surface area contributed by atoms with Gasteiger partial charge in [0, 0.05) is 11.6 Å². The lowest BCUT2D eigenvalue weighted by atomic mass is 10.1. The van der Waals surface area contributed by atoms with Gasteiger partial charge < -0.3 is 14.2 Å². The van der Waals surface area contributed by atoms with Crippen LogP contribution in [0.15, 0.2) is 23.2 Å². The van der Waals surface area contributed by atoms with E-state index in [1.54, 1.807) is 14.2 Å². The van der Waals surface area contributed by atoms with Crippen LogP contribution in [0, 0.1) is 5.92 Å². The normalized spacial score (nSPS) is 18.5. The average Bonchev–Trinajstić information content (AvgIpc) is 2.87. The SMILES string of the molecule is COc1cc(OC)cc(C2=N[C@@H](C(C)C)CO2)c1. The number of hydrogen-bond acceptors (Lipinski definition) is 4. The van der Waals surface area contributed by atoms with Gasteiger partial charge in [-0.25, -0.2) is 4.99 Å². The van der Waals surface area contributed by atoms with E-state index in [4.69, 9.17) is 14.2 Å². The zero-order valence-corrected chi connectivity index (χ0v) is 11.3. The molecule has 1 aromatic carbocycles. The maximum atomic E-state index is 5.65. The fourth-order valence-electron chi connectivity index (χ4n) is 1.82. The summed E-state index contributed by atoms with van der Waals surface area (Å²) in [5, 5.41) is 0. The summed E-state index contributed by atoms with van der Waals surface area (Å²) in [4.78, 5) is 4.59. The van der Waals surface area contributed by atoms with E-state index in [-0.39, 0.29) is 6.04 Å². The summed E-state index contributed by atoms with van der Waals surface area (Å²) in [6.07, 6.45) is 0. The molecule has 1 aliphatic rings. The van der Waals surface area contributed by atoms with Crippen LogP contribution in [0.4, 0.5) is 0 Å². The molecule has 1 heterocycles. The predicted molar refractivity (Wildman–Crippen MR) is 70.7 cm³/mol. The fourth-order valence-corrected chi connectivity index (χ4v) is 1.82. The van der Waals surface area contributed by atoms with Gasteiger partial charge in [-0.05, 0) is 18.1 Å². The molecule has 0 unspecified atom stereocenters. The molecule has 0 fully saturated rings. The molecule has 2 rings (SSSR count). The quantitative estimate of drug-likeness (QED) is 0.823. The van der Waals surface area contributed by atoms with E-state index in [2.05, 4.69) is 18.8 Å². The van der Waals surface area contributed by atoms with Gasteiger partial charge in [0.15, 0.2) is 0 Å². The number of benzene rings is 1. The van der Waals surface area contributed by atoms with Crippen LogP contribution in [0.1, 0.15) is 19.4 Å². The van der Waals surface area contributed by atoms with E-state index < -0.39 is 0 Å². The maximum absolute atomic E-state index is 5.65. The minimum Gasteiger partial charge on any atom is -0.497 e. The second-order valence-electron chi connectivity index (χ2n) is 4.66. The highest BCUT2D eigenvalue weighted by atomic mass is 16.5. The standard InChI is InChI=1S/C14H19NO3/c1-9(2)13-8-18-14(15-13)10-5-11(16-3)7-12(6-10)17-4/h5-7,9,13H,8H2,1-4H3/t13-/m1/s1. The molecule has 1 aromatic rings. The van der Waals surface area contributed by atoms with Crippen molar-refractivity contribution in [3.63, 3.8) is 0 Å². The summed E-state index contributed by atoms with van der Waals surface area (Å²) in [7, 11) is 3.26. The zero-order chi connectivity index (χ0) is 13.1. The van der Waals surface area contributed by atoms with Gasteiger partial charge in [0.25, 0.3) is 0 Å². The Kier molecular flexibility index (Phi) is 3.75. The summed E-state index contributed by atoms with van der Waals surface area (Å²) in [6.45, 7) is 4.94. The highest BCUT2D eigenvalue weighted by Crippen LogP contribution is 2.25. The topological polar surface area (TPSA) is 40.0 Å². The van der Waals surface area contributed by atoms with Gasteiger partial charge >= 0.3 is 0 Å². The Labute approximate surface area is 108 Å². The van der Waals surface area contributed by atoms with Gasteiger partial charge in [0.05, 0.1) is 20.3 Å². The van der Waals surface area contributed by atoms with Crippen molar-refractivity contribution < 1.29 is 14.2 Å². The summed E-state index contributed by atoms with van der Waals surface area (Å²) in [6, 6.07) is 5.88. The van der Waals surface area contributed by atoms with Gasteiger partial charge in [0.2, 0.25) is 5.90 Å². The van der Waals surface area contributed by atoms with Crippen LogP contribution in [-0.4, -0.2) is 32.8 Å². The van der Waals surface area contributed by atoms with Crippen LogP contribution >= 0.6 is 0 Å². The first-order valence-corrected chi connectivity index (χ1v) is 6.08. The Bertz CT molecular complexity index is 432. The third kappa shape index (κ3) is 2.58. The van der Waals surface area contributed by atoms with E-state index in [0.29, 0.717) is 18.4 Å². The van der Waals surface area contributed by atoms with Crippen molar-refractivity contribution in [3.05, 3.63) is 23.8 Å². The van der Waals surface area contributed by atoms with Crippen LogP contribution in [-0.2, 0) is 4.74 Å². The summed E-state index contributed by atoms with van der Waals surface area (Å²) in [5.41, 5.74) is 0.898. The number of methoxy groups -OCH3 is 2. The Morgan fingerprint density at radius 1 is 1.17 bits per heavy atom. The molecule has 1 atom stereocenters. The first-order valence-electron chi connectivity index (χ1n) is 6.08. The van der Waals surface area contributed by atoms with E-state index in [9.17, 15) is 0 Å². The molecule has 1 aliphatic heterocycles. The minimum absolute atomic E-state index is 0.234. The minimum atomic E-state index is 0.234. The van der Waals surface area contributed by atoms with Crippen LogP contribution in [0.25, 0.3) is 0 Å². The fraction of sp³-hybridized carbons (Fsp3) is 0.500. The molecular weight excluding hydrogens is 230 g/mol. The van der Waals surface area contributed by atoms with Crippen molar-refractivity contribution in [2.24, 2.45) is 10.9 Å². The highest BCUT2D eigenvalue weighted by Gasteiger charge is 2.23. The molecule has 0 bridgehead atoms. The third-order valence-corrected chi connectivity index (χ3v) is 3.04. The maximum Gasteiger partial charge on any atom is 0.216 e. The van der Waals surface area contributed by atoms with Crippen LogP contribution in [0.3, 0.4) is 0 Å². The van der Waals surface area contributed by atoms with Crippen molar-refractivity contribution in [1.82, 2.24) is 0 Å². The van der Waals surface area contributed by atoms with E-state index in [1.807, 2.05) is 18.2 Å². The Morgan fingerprint density at radius 2 is 1.78 bits per heavy atom. The number of nitrogens with zero attached hydrogens (tertiary/aromatic N) is 1. The van der Waals surface area contributed by atoms with Crippen molar-refractivity contribution in [3.8, 4) is 11.5 Å². The van der Waals surface area contributed by atoms with Crippen LogP contribution < -0.4 is 9.47 Å². The summed E-state index contributed by atoms with van der Waals surface area (Å²) >= 11 is 0. The summed E-state index contributed by atoms with van der Waals surface area (Å²) < 4.78 is 16.1. The van der Waals surface area contributed by atoms with E-state index in [0.717, 1.165) is 17.1 Å². The van der Waals surface area contributed by atoms with Gasteiger partial charge in [-0.3, -0.25) is 0 Å². The molecular formula is C14H19NO3. The van der Waals surface area contributed by atoms with Crippen LogP contribution in [0.5, 0.6) is 11.5 Å². The molecule has 0 N–H and O–H groups in total. The third-order valence-electron chi connectivity index (χ3n) is 3.04. The molecule has 0 radical (unpaired) electrons. The Balaban J connectivity index is 2.31. The largest absolute Gasteiger partial charge is 0.497 e. The molecule has 0 aliphatic carbocycles. The molecule has 0 spiro atoms. The van der Waals surface area contributed by atoms with E-state index in [1.165, 1.54) is 0 Å². The van der Waals surface area contributed by atoms with Crippen molar-refractivity contribution in [1.29, 1.82) is 0 Å². The van der Waals surface area contributed by atoms with Gasteiger partial charge in [-0.15, -0.1) is 0 Å². The van der Waals surface area contributed by atoms with Gasteiger partial charge in [-0.1, -0.05) is 13.8 Å². The second kappa shape index (κ2) is 5.29. The zero-order valence-electron chi connectivity index (χ0n) is 11.3. The molecule has 4 heteroatoms. The highest BCUT2D eigenvalue weighted by molar-refractivity contribution is 5.96. The molecule has 98 valence electrons. The Morgan fingerprint density at radius 3 is 2.22 bits per heavy atom. The number of rotatable bonds is 4. The van der Waals surface area contributed by atoms with Crippen LogP contribution in [0.2, 0.25) is 0 Å². The van der Waals surface area contributed by atoms with Gasteiger partial charge in [0.1, 0.15) is 18.1 Å². The molecule has 18 heavy (non-hydrogen) atoms. The van der Waals surface area contributed by atoms with E-state index >= 15 is 0 Å². The second-order valence-corrected chi connectivity index (χ2v) is 4.66. The molecule has 0 saturated heterocycles. The first-order chi connectivity index (χ1) is 8.63. The lowest BCUT2D eigenvalue weighted by molar-refractivity contribution is 0.291. The molecule has 0 aromatic heterocycles. The Hall–Kier alpha value is -1.71. The number of ether oxygens (including phenoxy) is 3. The predicted octanol–water partition coefficient (Wildman–Crippen LogP) is 2.51. The van der Waals surface area contributed by atoms with Crippen molar-refractivity contribution in [2.45, 2.75) is 19.9 Å². The van der Waals surface area contributed by atoms with Crippen molar-refractivity contribution >= 4 is 5.90 Å². The average molecular weight is 249 g/mol. The monoisotopic (exact) mass is 249 g/mol. The number of hydrogen-bond donors (Lipinski definition) is 0. The lowest BCUT2D eigenvalue weighted by Crippen LogP contribution is -2.13. The lowest BCUT2D eigenvalue weighted by Gasteiger charge is -2.08. The number of aliphatic imine (C=N–C) groups is 1. The molecule has 0 saturated carbocycles. The first kappa shape index (κ1) is 12.7. The van der Waals surface area contributed by atoms with Crippen molar-refractivity contribution in [2.75, 3.05) is 20.8 Å². The smallest absolute Gasteiger partial charge is 0.216 e.